The molecule has 1 aliphatic heterocycles. The Kier molecular flexibility index (Phi) is 11.0. The van der Waals surface area contributed by atoms with E-state index in [2.05, 4.69) is 10.6 Å². The molecule has 3 N–H and O–H groups in total. The number of rotatable bonds is 10. The van der Waals surface area contributed by atoms with E-state index in [1.807, 2.05) is 30.3 Å². The predicted octanol–water partition coefficient (Wildman–Crippen LogP) is 3.66. The summed E-state index contributed by atoms with van der Waals surface area (Å²) in [6.45, 7) is 4.11. The van der Waals surface area contributed by atoms with Gasteiger partial charge in [0.05, 0.1) is 24.0 Å². The number of carbonyl (C=O) groups excluding carboxylic acids is 2. The summed E-state index contributed by atoms with van der Waals surface area (Å²) in [4.78, 5) is 25.7. The van der Waals surface area contributed by atoms with Gasteiger partial charge in [-0.1, -0.05) is 43.2 Å². The van der Waals surface area contributed by atoms with Crippen molar-refractivity contribution in [1.82, 2.24) is 10.6 Å². The Bertz CT molecular complexity index is 775. The highest BCUT2D eigenvalue weighted by atomic mass is 35.5. The minimum absolute atomic E-state index is 0.0470. The van der Waals surface area contributed by atoms with Crippen molar-refractivity contribution in [3.63, 3.8) is 0 Å². The Morgan fingerprint density at radius 2 is 1.88 bits per heavy atom. The monoisotopic (exact) mass is 512 g/mol. The van der Waals surface area contributed by atoms with Crippen LogP contribution in [-0.4, -0.2) is 59.6 Å². The predicted molar refractivity (Wildman–Crippen MR) is 135 cm³/mol. The van der Waals surface area contributed by atoms with Crippen LogP contribution < -0.4 is 10.6 Å². The zero-order valence-corrected chi connectivity index (χ0v) is 21.4. The summed E-state index contributed by atoms with van der Waals surface area (Å²) >= 11 is 13.4. The normalized spacial score (nSPS) is 28.8. The molecule has 0 bridgehead atoms. The first-order chi connectivity index (χ1) is 16.4. The van der Waals surface area contributed by atoms with Crippen molar-refractivity contribution in [2.45, 2.75) is 74.8 Å². The van der Waals surface area contributed by atoms with E-state index >= 15 is 0 Å². The van der Waals surface area contributed by atoms with Gasteiger partial charge in [0.1, 0.15) is 6.04 Å². The van der Waals surface area contributed by atoms with Gasteiger partial charge in [0.25, 0.3) is 0 Å². The maximum atomic E-state index is 13.1. The SMILES string of the molecule is CCOC(=O)[C@H](Cc1ccccc1)NC(=O)C1CC(Cl)C(CCCC2CCNCC2)C(Cl)C1O. The lowest BCUT2D eigenvalue weighted by Crippen LogP contribution is -2.54. The molecule has 0 spiro atoms. The van der Waals surface area contributed by atoms with E-state index in [1.54, 1.807) is 6.92 Å². The summed E-state index contributed by atoms with van der Waals surface area (Å²) in [5.74, 6) is -0.982. The highest BCUT2D eigenvalue weighted by Crippen LogP contribution is 2.39. The van der Waals surface area contributed by atoms with Gasteiger partial charge in [-0.2, -0.15) is 0 Å². The maximum Gasteiger partial charge on any atom is 0.328 e. The number of esters is 1. The molecule has 3 rings (SSSR count). The number of carbonyl (C=O) groups is 2. The number of piperidine rings is 1. The third-order valence-corrected chi connectivity index (χ3v) is 8.29. The van der Waals surface area contributed by atoms with Crippen LogP contribution in [0.3, 0.4) is 0 Å². The minimum Gasteiger partial charge on any atom is -0.464 e. The van der Waals surface area contributed by atoms with E-state index in [4.69, 9.17) is 27.9 Å². The van der Waals surface area contributed by atoms with Crippen LogP contribution in [0.5, 0.6) is 0 Å². The first kappa shape index (κ1) is 27.3. The molecule has 6 nitrogen and oxygen atoms in total. The van der Waals surface area contributed by atoms with E-state index in [9.17, 15) is 14.7 Å². The van der Waals surface area contributed by atoms with Crippen molar-refractivity contribution in [1.29, 1.82) is 0 Å². The summed E-state index contributed by atoms with van der Waals surface area (Å²) < 4.78 is 5.17. The Morgan fingerprint density at radius 3 is 2.56 bits per heavy atom. The van der Waals surface area contributed by atoms with Gasteiger partial charge in [0.15, 0.2) is 0 Å². The molecule has 6 atom stereocenters. The molecule has 1 saturated carbocycles. The lowest BCUT2D eigenvalue weighted by molar-refractivity contribution is -0.148. The quantitative estimate of drug-likeness (QED) is 0.329. The van der Waals surface area contributed by atoms with Gasteiger partial charge in [-0.15, -0.1) is 23.2 Å². The summed E-state index contributed by atoms with van der Waals surface area (Å²) in [5, 5.41) is 16.2. The fourth-order valence-corrected chi connectivity index (χ4v) is 6.24. The molecular formula is C26H38Cl2N2O4. The van der Waals surface area contributed by atoms with Crippen LogP contribution in [-0.2, 0) is 20.7 Å². The summed E-state index contributed by atoms with van der Waals surface area (Å²) in [6.07, 6.45) is 5.04. The van der Waals surface area contributed by atoms with Crippen LogP contribution in [0.4, 0.5) is 0 Å². The van der Waals surface area contributed by atoms with Crippen molar-refractivity contribution in [3.8, 4) is 0 Å². The van der Waals surface area contributed by atoms with Crippen molar-refractivity contribution < 1.29 is 19.4 Å². The molecule has 2 aliphatic rings. The van der Waals surface area contributed by atoms with E-state index in [1.165, 1.54) is 12.8 Å². The van der Waals surface area contributed by atoms with Gasteiger partial charge in [-0.05, 0) is 63.1 Å². The summed E-state index contributed by atoms with van der Waals surface area (Å²) in [7, 11) is 0. The number of alkyl halides is 2. The molecule has 1 heterocycles. The molecule has 0 radical (unpaired) electrons. The Labute approximate surface area is 213 Å². The molecule has 1 saturated heterocycles. The first-order valence-corrected chi connectivity index (χ1v) is 13.5. The van der Waals surface area contributed by atoms with Gasteiger partial charge in [-0.3, -0.25) is 4.79 Å². The lowest BCUT2D eigenvalue weighted by atomic mass is 9.76. The maximum absolute atomic E-state index is 13.1. The smallest absolute Gasteiger partial charge is 0.328 e. The third kappa shape index (κ3) is 7.58. The number of hydrogen-bond donors (Lipinski definition) is 3. The minimum atomic E-state index is -1.01. The topological polar surface area (TPSA) is 87.7 Å². The number of nitrogens with one attached hydrogen (secondary N) is 2. The van der Waals surface area contributed by atoms with Gasteiger partial charge in [-0.25, -0.2) is 4.79 Å². The van der Waals surface area contributed by atoms with E-state index in [0.29, 0.717) is 12.8 Å². The Hall–Kier alpha value is -1.34. The van der Waals surface area contributed by atoms with Crippen LogP contribution >= 0.6 is 23.2 Å². The van der Waals surface area contributed by atoms with Crippen LogP contribution in [0, 0.1) is 17.8 Å². The molecule has 2 fully saturated rings. The summed E-state index contributed by atoms with van der Waals surface area (Å²) in [5.41, 5.74) is 0.907. The van der Waals surface area contributed by atoms with E-state index < -0.39 is 35.3 Å². The molecule has 0 aromatic heterocycles. The van der Waals surface area contributed by atoms with Crippen molar-refractivity contribution in [3.05, 3.63) is 35.9 Å². The highest BCUT2D eigenvalue weighted by molar-refractivity contribution is 6.24. The van der Waals surface area contributed by atoms with E-state index in [-0.39, 0.29) is 17.9 Å². The molecule has 1 amide bonds. The molecule has 1 aliphatic carbocycles. The van der Waals surface area contributed by atoms with Crippen molar-refractivity contribution in [2.24, 2.45) is 17.8 Å². The number of hydrogen-bond acceptors (Lipinski definition) is 5. The van der Waals surface area contributed by atoms with Gasteiger partial charge in [0.2, 0.25) is 5.91 Å². The second kappa shape index (κ2) is 13.7. The Morgan fingerprint density at radius 1 is 1.18 bits per heavy atom. The zero-order chi connectivity index (χ0) is 24.5. The summed E-state index contributed by atoms with van der Waals surface area (Å²) in [6, 6.07) is 8.60. The number of amides is 1. The number of aliphatic hydroxyl groups is 1. The Balaban J connectivity index is 1.57. The van der Waals surface area contributed by atoms with Crippen LogP contribution in [0.25, 0.3) is 0 Å². The largest absolute Gasteiger partial charge is 0.464 e. The molecule has 5 unspecified atom stereocenters. The number of aliphatic hydroxyl groups excluding tert-OH is 1. The first-order valence-electron chi connectivity index (χ1n) is 12.6. The fourth-order valence-electron chi connectivity index (χ4n) is 5.21. The van der Waals surface area contributed by atoms with E-state index in [0.717, 1.165) is 43.8 Å². The van der Waals surface area contributed by atoms with Crippen molar-refractivity contribution in [2.75, 3.05) is 19.7 Å². The molecule has 190 valence electrons. The number of benzene rings is 1. The number of halogens is 2. The fraction of sp³-hybridized carbons (Fsp3) is 0.692. The molecule has 1 aromatic rings. The van der Waals surface area contributed by atoms with Crippen LogP contribution in [0.15, 0.2) is 30.3 Å². The highest BCUT2D eigenvalue weighted by Gasteiger charge is 2.45. The second-order valence-corrected chi connectivity index (χ2v) is 10.6. The molecule has 8 heteroatoms. The lowest BCUT2D eigenvalue weighted by Gasteiger charge is -2.40. The average Bonchev–Trinajstić information content (AvgIpc) is 2.84. The van der Waals surface area contributed by atoms with Gasteiger partial charge < -0.3 is 20.5 Å². The standard InChI is InChI=1S/C26H38Cl2N2O4/c1-2-34-26(33)22(15-18-7-4-3-5-8-18)30-25(32)20-16-21(27)19(23(28)24(20)31)10-6-9-17-11-13-29-14-12-17/h3-5,7-8,17,19-24,29,31H,2,6,9-16H2,1H3,(H,30,32)/t19?,20?,21?,22-,23?,24?/m0/s1. The zero-order valence-electron chi connectivity index (χ0n) is 19.9. The second-order valence-electron chi connectivity index (χ2n) is 9.58. The molecule has 1 aromatic carbocycles. The molecular weight excluding hydrogens is 475 g/mol. The molecule has 34 heavy (non-hydrogen) atoms. The number of ether oxygens (including phenoxy) is 1. The van der Waals surface area contributed by atoms with Gasteiger partial charge >= 0.3 is 5.97 Å². The van der Waals surface area contributed by atoms with Crippen LogP contribution in [0.2, 0.25) is 0 Å². The van der Waals surface area contributed by atoms with Crippen LogP contribution in [0.1, 0.15) is 51.0 Å². The third-order valence-electron chi connectivity index (χ3n) is 7.21. The van der Waals surface area contributed by atoms with Crippen molar-refractivity contribution >= 4 is 35.1 Å². The average molecular weight is 514 g/mol. The van der Waals surface area contributed by atoms with Gasteiger partial charge in [0, 0.05) is 11.8 Å².